The molecule has 0 N–H and O–H groups in total. The van der Waals surface area contributed by atoms with Gasteiger partial charge in [-0.3, -0.25) is 0 Å². The summed E-state index contributed by atoms with van der Waals surface area (Å²) in [6.45, 7) is 4.88. The highest BCUT2D eigenvalue weighted by Crippen LogP contribution is 2.58. The predicted octanol–water partition coefficient (Wildman–Crippen LogP) is 11.6. The highest BCUT2D eigenvalue weighted by Gasteiger charge is 2.55. The molecule has 1 aromatic heterocycles. The number of nitrogens with zero attached hydrogens (tertiary/aromatic N) is 4. The summed E-state index contributed by atoms with van der Waals surface area (Å²) in [6, 6.07) is 76.5. The molecule has 5 aliphatic rings. The van der Waals surface area contributed by atoms with Gasteiger partial charge in [-0.2, -0.15) is 11.3 Å². The van der Waals surface area contributed by atoms with E-state index in [4.69, 9.17) is 0 Å². The summed E-state index contributed by atoms with van der Waals surface area (Å²) in [5, 5.41) is 0. The summed E-state index contributed by atoms with van der Waals surface area (Å²) in [5.74, 6) is 0. The van der Waals surface area contributed by atoms with Crippen LogP contribution in [0.1, 0.15) is 25.0 Å². The Balaban J connectivity index is 1.14. The van der Waals surface area contributed by atoms with Gasteiger partial charge in [0.1, 0.15) is 0 Å². The smallest absolute Gasteiger partial charge is 0.265 e. The maximum absolute atomic E-state index is 2.61. The zero-order valence-electron chi connectivity index (χ0n) is 35.5. The van der Waals surface area contributed by atoms with Crippen molar-refractivity contribution >= 4 is 119 Å². The predicted molar refractivity (Wildman–Crippen MR) is 273 cm³/mol. The number of anilines is 11. The Hall–Kier alpha value is -7.47. The molecule has 0 spiro atoms. The zero-order valence-corrected chi connectivity index (χ0v) is 36.3. The molecule has 0 bridgehead atoms. The third-order valence-electron chi connectivity index (χ3n) is 14.3. The maximum atomic E-state index is 2.61. The van der Waals surface area contributed by atoms with E-state index in [2.05, 4.69) is 240 Å². The normalized spacial score (nSPS) is 15.5. The molecule has 0 amide bonds. The van der Waals surface area contributed by atoms with Crippen LogP contribution in [0.4, 0.5) is 62.6 Å². The van der Waals surface area contributed by atoms with Crippen LogP contribution in [0.2, 0.25) is 0 Å². The van der Waals surface area contributed by atoms with E-state index in [1.54, 1.807) is 0 Å². The first-order valence-corrected chi connectivity index (χ1v) is 23.2. The van der Waals surface area contributed by atoms with Crippen LogP contribution >= 0.6 is 11.3 Å². The number of thiophene rings is 1. The molecule has 5 heterocycles. The largest absolute Gasteiger partial charge is 0.314 e. The lowest BCUT2D eigenvalue weighted by molar-refractivity contribution is 0.626. The molecule has 4 nitrogen and oxygen atoms in total. The molecule has 300 valence electrons. The summed E-state index contributed by atoms with van der Waals surface area (Å²) in [4.78, 5) is 10.3. The molecule has 0 unspecified atom stereocenters. The lowest BCUT2D eigenvalue weighted by Gasteiger charge is -2.46. The summed E-state index contributed by atoms with van der Waals surface area (Å²) >= 11 is 2.04. The molecule has 0 atom stereocenters. The minimum atomic E-state index is -0.256. The van der Waals surface area contributed by atoms with E-state index in [0.29, 0.717) is 0 Å². The first kappa shape index (κ1) is 36.1. The highest BCUT2D eigenvalue weighted by atomic mass is 32.1. The second kappa shape index (κ2) is 13.3. The lowest BCUT2D eigenvalue weighted by Crippen LogP contribution is -2.60. The molecular weight excluding hydrogens is 794 g/mol. The monoisotopic (exact) mass is 834 g/mol. The van der Waals surface area contributed by atoms with Crippen molar-refractivity contribution in [3.63, 3.8) is 0 Å². The molecule has 14 rings (SSSR count). The summed E-state index contributed by atoms with van der Waals surface area (Å²) in [5.41, 5.74) is 22.6. The van der Waals surface area contributed by atoms with Crippen LogP contribution < -0.4 is 45.5 Å². The molecule has 0 radical (unpaired) electrons. The van der Waals surface area contributed by atoms with Gasteiger partial charge in [0, 0.05) is 71.9 Å². The fourth-order valence-electron chi connectivity index (χ4n) is 11.9. The van der Waals surface area contributed by atoms with E-state index >= 15 is 0 Å². The van der Waals surface area contributed by atoms with Gasteiger partial charge in [0.15, 0.2) is 0 Å². The second-order valence-corrected chi connectivity index (χ2v) is 19.1. The van der Waals surface area contributed by atoms with Crippen molar-refractivity contribution in [2.75, 3.05) is 19.6 Å². The fraction of sp³-hybridized carbons (Fsp3) is 0.0526. The summed E-state index contributed by atoms with van der Waals surface area (Å²) in [6.07, 6.45) is 0. The lowest BCUT2D eigenvalue weighted by atomic mass is 9.34. The van der Waals surface area contributed by atoms with E-state index < -0.39 is 0 Å². The molecule has 1 aliphatic carbocycles. The standard InChI is InChI=1S/C57H40B2N4S/c1-57(2)42-30-16-15-29-41(42)49-54(57)63(40-27-13-6-14-28-40)48-36-20-35-47-51(48)59(49)56-53(62(47)39-25-11-5-12-26-39)52-55(64-56)58-43-31-17-18-32-44(43)60(37-21-7-3-8-22-37)45-33-19-34-46(50(45)58)61(52)38-23-9-4-10-24-38/h3-36H,1-2H3. The number of benzene rings is 8. The Morgan fingerprint density at radius 2 is 0.781 bits per heavy atom. The first-order chi connectivity index (χ1) is 31.6. The zero-order chi connectivity index (χ0) is 42.3. The fourth-order valence-corrected chi connectivity index (χ4v) is 13.4. The Bertz CT molecular complexity index is 3400. The van der Waals surface area contributed by atoms with Crippen molar-refractivity contribution in [3.8, 4) is 0 Å². The molecule has 7 heteroatoms. The van der Waals surface area contributed by atoms with Crippen LogP contribution in [-0.4, -0.2) is 13.4 Å². The average Bonchev–Trinajstić information content (AvgIpc) is 3.85. The van der Waals surface area contributed by atoms with E-state index in [9.17, 15) is 0 Å². The highest BCUT2D eigenvalue weighted by molar-refractivity contribution is 7.39. The van der Waals surface area contributed by atoms with Crippen molar-refractivity contribution < 1.29 is 0 Å². The van der Waals surface area contributed by atoms with Crippen LogP contribution in [0.5, 0.6) is 0 Å². The molecule has 0 saturated heterocycles. The van der Waals surface area contributed by atoms with Gasteiger partial charge in [-0.15, -0.1) is 0 Å². The Morgan fingerprint density at radius 3 is 1.36 bits per heavy atom. The molecule has 64 heavy (non-hydrogen) atoms. The molecule has 0 saturated carbocycles. The Morgan fingerprint density at radius 1 is 0.375 bits per heavy atom. The summed E-state index contributed by atoms with van der Waals surface area (Å²) in [7, 11) is 0. The van der Waals surface area contributed by atoms with Crippen LogP contribution in [0.15, 0.2) is 212 Å². The van der Waals surface area contributed by atoms with Crippen molar-refractivity contribution in [1.82, 2.24) is 0 Å². The van der Waals surface area contributed by atoms with Crippen molar-refractivity contribution in [2.45, 2.75) is 19.3 Å². The van der Waals surface area contributed by atoms with Gasteiger partial charge >= 0.3 is 0 Å². The van der Waals surface area contributed by atoms with Gasteiger partial charge in [0.2, 0.25) is 0 Å². The van der Waals surface area contributed by atoms with Gasteiger partial charge in [-0.25, -0.2) is 0 Å². The van der Waals surface area contributed by atoms with E-state index in [-0.39, 0.29) is 18.8 Å². The molecule has 4 aliphatic heterocycles. The number of para-hydroxylation sites is 5. The van der Waals surface area contributed by atoms with Crippen molar-refractivity contribution in [2.24, 2.45) is 0 Å². The van der Waals surface area contributed by atoms with Gasteiger partial charge < -0.3 is 19.6 Å². The quantitative estimate of drug-likeness (QED) is 0.164. The topological polar surface area (TPSA) is 13.0 Å². The maximum Gasteiger partial charge on any atom is 0.265 e. The first-order valence-electron chi connectivity index (χ1n) is 22.4. The number of rotatable bonds is 4. The van der Waals surface area contributed by atoms with E-state index in [0.717, 1.165) is 17.1 Å². The Kier molecular flexibility index (Phi) is 7.48. The van der Waals surface area contributed by atoms with Gasteiger partial charge in [0.05, 0.1) is 11.4 Å². The molecule has 0 fully saturated rings. The number of allylic oxidation sites excluding steroid dienone is 1. The van der Waals surface area contributed by atoms with Crippen LogP contribution in [0.25, 0.3) is 5.47 Å². The number of hydrogen-bond acceptors (Lipinski definition) is 5. The minimum Gasteiger partial charge on any atom is -0.314 e. The van der Waals surface area contributed by atoms with Crippen LogP contribution in [-0.2, 0) is 5.41 Å². The summed E-state index contributed by atoms with van der Waals surface area (Å²) < 4.78 is 2.77. The van der Waals surface area contributed by atoms with Crippen molar-refractivity contribution in [1.29, 1.82) is 0 Å². The third kappa shape index (κ3) is 4.69. The van der Waals surface area contributed by atoms with Gasteiger partial charge in [-0.05, 0) is 112 Å². The Labute approximate surface area is 378 Å². The molecule has 9 aromatic rings. The van der Waals surface area contributed by atoms with Gasteiger partial charge in [0.25, 0.3) is 13.4 Å². The van der Waals surface area contributed by atoms with Crippen LogP contribution in [0, 0.1) is 0 Å². The third-order valence-corrected chi connectivity index (χ3v) is 15.6. The number of fused-ring (bicyclic) bond motifs is 10. The SMILES string of the molecule is CC1(C)C2=C(B3c4sc5c(c4N(c4ccccc4)c4cccc(c43)N2c2ccccc2)N(c2ccccc2)c2cccc3c2B5c2ccccc2N3c2ccccc2)c2ccccc21. The second-order valence-electron chi connectivity index (χ2n) is 18.0. The number of hydrogen-bond donors (Lipinski definition) is 0. The van der Waals surface area contributed by atoms with E-state index in [1.165, 1.54) is 93.7 Å². The van der Waals surface area contributed by atoms with Crippen molar-refractivity contribution in [3.05, 3.63) is 223 Å². The minimum absolute atomic E-state index is 0.00509. The average molecular weight is 835 g/mol. The van der Waals surface area contributed by atoms with Crippen LogP contribution in [0.3, 0.4) is 0 Å². The van der Waals surface area contributed by atoms with E-state index in [1.807, 2.05) is 11.3 Å². The van der Waals surface area contributed by atoms with Gasteiger partial charge in [-0.1, -0.05) is 141 Å². The molecule has 8 aromatic carbocycles. The molecular formula is C57H40B2N4S.